The topological polar surface area (TPSA) is 64.8 Å². The third kappa shape index (κ3) is 4.10. The smallest absolute Gasteiger partial charge is 0.191 e. The van der Waals surface area contributed by atoms with Gasteiger partial charge in [0.25, 0.3) is 0 Å². The summed E-state index contributed by atoms with van der Waals surface area (Å²) in [5.41, 5.74) is 0.828. The summed E-state index contributed by atoms with van der Waals surface area (Å²) in [5, 5.41) is 9.46. The molecule has 0 amide bonds. The molecule has 0 N–H and O–H groups in total. The second kappa shape index (κ2) is 7.01. The van der Waals surface area contributed by atoms with E-state index in [-0.39, 0.29) is 23.2 Å². The van der Waals surface area contributed by atoms with E-state index in [0.717, 1.165) is 16.5 Å². The van der Waals surface area contributed by atoms with Crippen LogP contribution >= 0.6 is 23.4 Å². The fourth-order valence-corrected chi connectivity index (χ4v) is 5.83. The van der Waals surface area contributed by atoms with E-state index in [1.54, 1.807) is 6.07 Å². The minimum Gasteiger partial charge on any atom is -0.309 e. The molecule has 1 fully saturated rings. The molecule has 1 atom stereocenters. The molecule has 0 bridgehead atoms. The summed E-state index contributed by atoms with van der Waals surface area (Å²) in [6.07, 6.45) is 1.30. The summed E-state index contributed by atoms with van der Waals surface area (Å²) in [4.78, 5) is 0. The first-order chi connectivity index (χ1) is 11.3. The summed E-state index contributed by atoms with van der Waals surface area (Å²) in [7, 11) is -1.02. The number of sulfone groups is 1. The van der Waals surface area contributed by atoms with Gasteiger partial charge in [0, 0.05) is 24.2 Å². The number of hydrogen-bond donors (Lipinski definition) is 0. The summed E-state index contributed by atoms with van der Waals surface area (Å²) >= 11 is 7.49. The van der Waals surface area contributed by atoms with Crippen LogP contribution in [-0.2, 0) is 29.1 Å². The highest BCUT2D eigenvalue weighted by Crippen LogP contribution is 2.27. The Morgan fingerprint density at radius 3 is 2.88 bits per heavy atom. The van der Waals surface area contributed by atoms with E-state index in [4.69, 9.17) is 11.6 Å². The molecule has 24 heavy (non-hydrogen) atoms. The highest BCUT2D eigenvalue weighted by molar-refractivity contribution is 7.98. The lowest BCUT2D eigenvalue weighted by Gasteiger charge is -2.08. The Kier molecular flexibility index (Phi) is 5.17. The lowest BCUT2D eigenvalue weighted by atomic mass is 10.1. The van der Waals surface area contributed by atoms with Gasteiger partial charge in [-0.15, -0.1) is 10.2 Å². The number of nitrogens with zero attached hydrogens (tertiary/aromatic N) is 3. The molecule has 1 aliphatic heterocycles. The molecule has 130 valence electrons. The minimum atomic E-state index is -2.88. The first-order valence-electron chi connectivity index (χ1n) is 7.49. The van der Waals surface area contributed by atoms with Crippen molar-refractivity contribution in [1.29, 1.82) is 0 Å². The second-order valence-corrected chi connectivity index (χ2v) is 9.53. The molecule has 2 aromatic rings. The molecule has 1 saturated heterocycles. The average molecular weight is 390 g/mol. The molecule has 0 spiro atoms. The first kappa shape index (κ1) is 17.7. The van der Waals surface area contributed by atoms with Crippen LogP contribution in [0.3, 0.4) is 0 Å². The quantitative estimate of drug-likeness (QED) is 0.735. The average Bonchev–Trinajstić information content (AvgIpc) is 3.02. The van der Waals surface area contributed by atoms with E-state index < -0.39 is 9.84 Å². The van der Waals surface area contributed by atoms with Gasteiger partial charge in [0.15, 0.2) is 15.0 Å². The molecule has 1 unspecified atom stereocenters. The number of thioether (sulfide) groups is 1. The van der Waals surface area contributed by atoms with Crippen LogP contribution in [0.15, 0.2) is 23.4 Å². The molecule has 1 aliphatic rings. The van der Waals surface area contributed by atoms with Crippen molar-refractivity contribution in [3.05, 3.63) is 40.4 Å². The van der Waals surface area contributed by atoms with Crippen LogP contribution < -0.4 is 0 Å². The van der Waals surface area contributed by atoms with Crippen molar-refractivity contribution >= 4 is 33.2 Å². The third-order valence-corrected chi connectivity index (χ3v) is 7.35. The Bertz CT molecular complexity index is 854. The Hall–Kier alpha value is -1.12. The van der Waals surface area contributed by atoms with Gasteiger partial charge >= 0.3 is 0 Å². The highest BCUT2D eigenvalue weighted by Gasteiger charge is 2.29. The summed E-state index contributed by atoms with van der Waals surface area (Å²) < 4.78 is 38.0. The van der Waals surface area contributed by atoms with Crippen LogP contribution in [0.5, 0.6) is 0 Å². The van der Waals surface area contributed by atoms with Gasteiger partial charge < -0.3 is 4.57 Å². The molecule has 2 heterocycles. The van der Waals surface area contributed by atoms with Crippen molar-refractivity contribution in [3.63, 3.8) is 0 Å². The van der Waals surface area contributed by atoms with E-state index in [2.05, 4.69) is 10.2 Å². The van der Waals surface area contributed by atoms with E-state index in [9.17, 15) is 12.8 Å². The van der Waals surface area contributed by atoms with Crippen molar-refractivity contribution in [2.45, 2.75) is 23.8 Å². The van der Waals surface area contributed by atoms with Crippen molar-refractivity contribution in [3.8, 4) is 0 Å². The van der Waals surface area contributed by atoms with Crippen LogP contribution in [0.2, 0.25) is 5.02 Å². The largest absolute Gasteiger partial charge is 0.309 e. The molecule has 5 nitrogen and oxygen atoms in total. The number of halogens is 2. The molecule has 0 saturated carbocycles. The van der Waals surface area contributed by atoms with Gasteiger partial charge in [0.1, 0.15) is 11.6 Å². The number of benzene rings is 1. The molecule has 1 aromatic carbocycles. The Morgan fingerprint density at radius 2 is 2.21 bits per heavy atom. The van der Waals surface area contributed by atoms with Gasteiger partial charge in [-0.25, -0.2) is 12.8 Å². The van der Waals surface area contributed by atoms with E-state index >= 15 is 0 Å². The lowest BCUT2D eigenvalue weighted by molar-refractivity contribution is 0.552. The molecule has 3 rings (SSSR count). The summed E-state index contributed by atoms with van der Waals surface area (Å²) in [6, 6.07) is 4.33. The van der Waals surface area contributed by atoms with E-state index in [0.29, 0.717) is 23.6 Å². The normalized spacial score (nSPS) is 19.7. The van der Waals surface area contributed by atoms with Crippen LogP contribution in [-0.4, -0.2) is 34.7 Å². The van der Waals surface area contributed by atoms with E-state index in [1.807, 2.05) is 11.6 Å². The zero-order valence-corrected chi connectivity index (χ0v) is 15.5. The third-order valence-electron chi connectivity index (χ3n) is 4.09. The monoisotopic (exact) mass is 389 g/mol. The second-order valence-electron chi connectivity index (χ2n) is 5.96. The van der Waals surface area contributed by atoms with Crippen LogP contribution in [0.25, 0.3) is 0 Å². The van der Waals surface area contributed by atoms with Gasteiger partial charge in [0.2, 0.25) is 0 Å². The molecular weight excluding hydrogens is 373 g/mol. The summed E-state index contributed by atoms with van der Waals surface area (Å²) in [5.74, 6) is 1.59. The summed E-state index contributed by atoms with van der Waals surface area (Å²) in [6.45, 7) is 0. The zero-order chi connectivity index (χ0) is 17.3. The minimum absolute atomic E-state index is 0.113. The SMILES string of the molecule is Cn1c(CC2CCS(=O)(=O)C2)nnc1SCc1ccc(F)cc1Cl. The predicted octanol–water partition coefficient (Wildman–Crippen LogP) is 2.88. The Labute approximate surface area is 149 Å². The fraction of sp³-hybridized carbons (Fsp3) is 0.467. The van der Waals surface area contributed by atoms with Gasteiger partial charge in [-0.1, -0.05) is 29.4 Å². The standard InChI is InChI=1S/C15H17ClFN3O2S2/c1-20-14(6-10-4-5-24(21,22)9-10)18-19-15(20)23-8-11-2-3-12(17)7-13(11)16/h2-3,7,10H,4-6,8-9H2,1H3. The van der Waals surface area contributed by atoms with Gasteiger partial charge in [-0.2, -0.15) is 0 Å². The number of rotatable bonds is 5. The Balaban J connectivity index is 1.64. The molecular formula is C15H17ClFN3O2S2. The van der Waals surface area contributed by atoms with Crippen molar-refractivity contribution in [2.24, 2.45) is 13.0 Å². The van der Waals surface area contributed by atoms with Crippen molar-refractivity contribution in [2.75, 3.05) is 11.5 Å². The molecule has 0 radical (unpaired) electrons. The maximum absolute atomic E-state index is 13.1. The Morgan fingerprint density at radius 1 is 1.42 bits per heavy atom. The maximum atomic E-state index is 13.1. The fourth-order valence-electron chi connectivity index (χ4n) is 2.72. The van der Waals surface area contributed by atoms with Crippen molar-refractivity contribution in [1.82, 2.24) is 14.8 Å². The first-order valence-corrected chi connectivity index (χ1v) is 10.7. The zero-order valence-electron chi connectivity index (χ0n) is 13.1. The predicted molar refractivity (Wildman–Crippen MR) is 92.4 cm³/mol. The maximum Gasteiger partial charge on any atom is 0.191 e. The molecule has 1 aromatic heterocycles. The lowest BCUT2D eigenvalue weighted by Crippen LogP contribution is -2.11. The molecule has 0 aliphatic carbocycles. The van der Waals surface area contributed by atoms with Gasteiger partial charge in [-0.3, -0.25) is 0 Å². The molecule has 9 heteroatoms. The highest BCUT2D eigenvalue weighted by atomic mass is 35.5. The number of aromatic nitrogens is 3. The number of hydrogen-bond acceptors (Lipinski definition) is 5. The van der Waals surface area contributed by atoms with Crippen LogP contribution in [0, 0.1) is 11.7 Å². The van der Waals surface area contributed by atoms with E-state index in [1.165, 1.54) is 23.9 Å². The van der Waals surface area contributed by atoms with Crippen LogP contribution in [0.1, 0.15) is 17.8 Å². The van der Waals surface area contributed by atoms with Crippen molar-refractivity contribution < 1.29 is 12.8 Å². The van der Waals surface area contributed by atoms with Crippen LogP contribution in [0.4, 0.5) is 4.39 Å². The van der Waals surface area contributed by atoms with Gasteiger partial charge in [-0.05, 0) is 30.0 Å². The van der Waals surface area contributed by atoms with Gasteiger partial charge in [0.05, 0.1) is 11.5 Å².